The van der Waals surface area contributed by atoms with Gasteiger partial charge in [-0.1, -0.05) is 24.3 Å². The summed E-state index contributed by atoms with van der Waals surface area (Å²) in [6.07, 6.45) is 2.10. The molecule has 1 aliphatic rings. The van der Waals surface area contributed by atoms with Crippen molar-refractivity contribution < 1.29 is 14.3 Å². The van der Waals surface area contributed by atoms with E-state index in [9.17, 15) is 4.79 Å². The third-order valence-corrected chi connectivity index (χ3v) is 4.60. The number of hydrogen-bond acceptors (Lipinski definition) is 4. The van der Waals surface area contributed by atoms with Crippen molar-refractivity contribution in [2.45, 2.75) is 25.8 Å². The van der Waals surface area contributed by atoms with E-state index in [0.29, 0.717) is 35.5 Å². The Hall–Kier alpha value is -2.53. The van der Waals surface area contributed by atoms with Crippen LogP contribution in [-0.4, -0.2) is 43.6 Å². The van der Waals surface area contributed by atoms with Gasteiger partial charge in [0.2, 0.25) is 0 Å². The Morgan fingerprint density at radius 3 is 2.54 bits per heavy atom. The van der Waals surface area contributed by atoms with E-state index in [0.717, 1.165) is 25.9 Å². The molecule has 0 spiro atoms. The summed E-state index contributed by atoms with van der Waals surface area (Å²) in [5.74, 6) is 1.84. The maximum atomic E-state index is 13.1. The van der Waals surface area contributed by atoms with Crippen LogP contribution < -0.4 is 14.8 Å². The minimum atomic E-state index is 0.00874. The molecule has 1 fully saturated rings. The molecule has 1 unspecified atom stereocenters. The summed E-state index contributed by atoms with van der Waals surface area (Å²) >= 11 is 0. The number of rotatable bonds is 6. The lowest BCUT2D eigenvalue weighted by Crippen LogP contribution is -2.47. The van der Waals surface area contributed by atoms with Gasteiger partial charge in [0.05, 0.1) is 12.2 Å². The second-order valence-corrected chi connectivity index (χ2v) is 6.36. The molecule has 138 valence electrons. The van der Waals surface area contributed by atoms with Crippen molar-refractivity contribution in [2.75, 3.05) is 26.7 Å². The van der Waals surface area contributed by atoms with Gasteiger partial charge in [0.15, 0.2) is 11.5 Å². The van der Waals surface area contributed by atoms with E-state index in [1.54, 1.807) is 0 Å². The summed E-state index contributed by atoms with van der Waals surface area (Å²) < 4.78 is 11.7. The van der Waals surface area contributed by atoms with Crippen LogP contribution in [0.2, 0.25) is 0 Å². The molecule has 1 atom stereocenters. The van der Waals surface area contributed by atoms with Crippen LogP contribution in [0, 0.1) is 0 Å². The molecular formula is C21H26N2O3. The van der Waals surface area contributed by atoms with Crippen LogP contribution in [0.1, 0.15) is 30.1 Å². The van der Waals surface area contributed by atoms with E-state index in [2.05, 4.69) is 5.32 Å². The monoisotopic (exact) mass is 354 g/mol. The molecule has 0 saturated carbocycles. The number of nitrogens with zero attached hydrogens (tertiary/aromatic N) is 1. The van der Waals surface area contributed by atoms with Crippen LogP contribution in [0.25, 0.3) is 0 Å². The van der Waals surface area contributed by atoms with Gasteiger partial charge in [-0.3, -0.25) is 4.79 Å². The fourth-order valence-electron chi connectivity index (χ4n) is 3.23. The van der Waals surface area contributed by atoms with Gasteiger partial charge >= 0.3 is 0 Å². The molecule has 1 N–H and O–H groups in total. The van der Waals surface area contributed by atoms with Crippen LogP contribution in [0.4, 0.5) is 0 Å². The zero-order valence-corrected chi connectivity index (χ0v) is 15.4. The van der Waals surface area contributed by atoms with Crippen molar-refractivity contribution in [3.8, 4) is 17.2 Å². The number of nitrogens with one attached hydrogen (secondary N) is 1. The molecule has 2 aromatic rings. The number of hydrogen-bond donors (Lipinski definition) is 1. The first kappa shape index (κ1) is 18.3. The van der Waals surface area contributed by atoms with E-state index in [1.807, 2.05) is 67.4 Å². The van der Waals surface area contributed by atoms with Gasteiger partial charge in [-0.25, -0.2) is 0 Å². The lowest BCUT2D eigenvalue weighted by molar-refractivity contribution is 0.0695. The molecule has 0 radical (unpaired) electrons. The highest BCUT2D eigenvalue weighted by molar-refractivity contribution is 5.97. The van der Waals surface area contributed by atoms with Crippen LogP contribution in [0.15, 0.2) is 48.5 Å². The summed E-state index contributed by atoms with van der Waals surface area (Å²) in [4.78, 5) is 15.0. The van der Waals surface area contributed by atoms with Crippen molar-refractivity contribution in [1.82, 2.24) is 10.2 Å². The number of carbonyl (C=O) groups excluding carboxylic acids is 1. The normalized spacial score (nSPS) is 17.0. The van der Waals surface area contributed by atoms with Gasteiger partial charge in [0, 0.05) is 19.1 Å². The van der Waals surface area contributed by atoms with Crippen molar-refractivity contribution in [3.63, 3.8) is 0 Å². The molecule has 3 rings (SSSR count). The van der Waals surface area contributed by atoms with Gasteiger partial charge in [-0.15, -0.1) is 0 Å². The molecule has 5 nitrogen and oxygen atoms in total. The van der Waals surface area contributed by atoms with Gasteiger partial charge in [-0.2, -0.15) is 0 Å². The average molecular weight is 354 g/mol. The third kappa shape index (κ3) is 4.17. The van der Waals surface area contributed by atoms with Gasteiger partial charge in [0.1, 0.15) is 5.75 Å². The summed E-state index contributed by atoms with van der Waals surface area (Å²) in [5.41, 5.74) is 0.579. The van der Waals surface area contributed by atoms with Crippen LogP contribution in [0.3, 0.4) is 0 Å². The number of carbonyl (C=O) groups is 1. The van der Waals surface area contributed by atoms with Crippen LogP contribution in [0.5, 0.6) is 17.2 Å². The zero-order chi connectivity index (χ0) is 18.4. The number of amides is 1. The Labute approximate surface area is 154 Å². The topological polar surface area (TPSA) is 50.8 Å². The SMILES string of the molecule is CCOc1ccccc1Oc1ccccc1C(=O)N1CCCC(NC)C1. The second kappa shape index (κ2) is 8.72. The number of piperidine rings is 1. The highest BCUT2D eigenvalue weighted by atomic mass is 16.5. The molecule has 1 aliphatic heterocycles. The summed E-state index contributed by atoms with van der Waals surface area (Å²) in [6, 6.07) is 15.3. The summed E-state index contributed by atoms with van der Waals surface area (Å²) in [6.45, 7) is 3.99. The minimum Gasteiger partial charge on any atom is -0.490 e. The molecule has 26 heavy (non-hydrogen) atoms. The number of para-hydroxylation sites is 3. The molecule has 0 aromatic heterocycles. The molecular weight excluding hydrogens is 328 g/mol. The van der Waals surface area contributed by atoms with Crippen molar-refractivity contribution in [3.05, 3.63) is 54.1 Å². The predicted octanol–water partition coefficient (Wildman–Crippen LogP) is 3.70. The largest absolute Gasteiger partial charge is 0.490 e. The maximum Gasteiger partial charge on any atom is 0.257 e. The highest BCUT2D eigenvalue weighted by Crippen LogP contribution is 2.33. The molecule has 1 saturated heterocycles. The van der Waals surface area contributed by atoms with Gasteiger partial charge in [-0.05, 0) is 51.1 Å². The fraction of sp³-hybridized carbons (Fsp3) is 0.381. The van der Waals surface area contributed by atoms with E-state index < -0.39 is 0 Å². The summed E-state index contributed by atoms with van der Waals surface area (Å²) in [7, 11) is 1.94. The fourth-order valence-corrected chi connectivity index (χ4v) is 3.23. The quantitative estimate of drug-likeness (QED) is 0.859. The first-order valence-electron chi connectivity index (χ1n) is 9.18. The van der Waals surface area contributed by atoms with E-state index >= 15 is 0 Å². The maximum absolute atomic E-state index is 13.1. The van der Waals surface area contributed by atoms with Crippen molar-refractivity contribution in [1.29, 1.82) is 0 Å². The highest BCUT2D eigenvalue weighted by Gasteiger charge is 2.25. The Morgan fingerprint density at radius 2 is 1.81 bits per heavy atom. The van der Waals surface area contributed by atoms with Gasteiger partial charge in [0.25, 0.3) is 5.91 Å². The lowest BCUT2D eigenvalue weighted by atomic mass is 10.0. The Bertz CT molecular complexity index is 748. The van der Waals surface area contributed by atoms with Crippen molar-refractivity contribution in [2.24, 2.45) is 0 Å². The Morgan fingerprint density at radius 1 is 1.12 bits per heavy atom. The first-order valence-corrected chi connectivity index (χ1v) is 9.18. The average Bonchev–Trinajstić information content (AvgIpc) is 2.69. The zero-order valence-electron chi connectivity index (χ0n) is 15.4. The van der Waals surface area contributed by atoms with E-state index in [4.69, 9.17) is 9.47 Å². The van der Waals surface area contributed by atoms with Gasteiger partial charge < -0.3 is 19.7 Å². The predicted molar refractivity (Wildman–Crippen MR) is 102 cm³/mol. The number of likely N-dealkylation sites (N-methyl/N-ethyl adjacent to an activating group) is 1. The van der Waals surface area contributed by atoms with Crippen LogP contribution >= 0.6 is 0 Å². The molecule has 1 amide bonds. The number of benzene rings is 2. The number of ether oxygens (including phenoxy) is 2. The molecule has 1 heterocycles. The van der Waals surface area contributed by atoms with E-state index in [-0.39, 0.29) is 5.91 Å². The first-order chi connectivity index (χ1) is 12.7. The molecule has 0 bridgehead atoms. The lowest BCUT2D eigenvalue weighted by Gasteiger charge is -2.33. The minimum absolute atomic E-state index is 0.00874. The Kier molecular flexibility index (Phi) is 6.12. The number of likely N-dealkylation sites (tertiary alicyclic amines) is 1. The second-order valence-electron chi connectivity index (χ2n) is 6.36. The molecule has 0 aliphatic carbocycles. The van der Waals surface area contributed by atoms with Crippen LogP contribution in [-0.2, 0) is 0 Å². The third-order valence-electron chi connectivity index (χ3n) is 4.60. The molecule has 2 aromatic carbocycles. The molecule has 5 heteroatoms. The standard InChI is InChI=1S/C21H26N2O3/c1-3-25-19-12-6-7-13-20(19)26-18-11-5-4-10-17(18)21(24)23-14-8-9-16(15-23)22-2/h4-7,10-13,16,22H,3,8-9,14-15H2,1-2H3. The van der Waals surface area contributed by atoms with E-state index in [1.165, 1.54) is 0 Å². The summed E-state index contributed by atoms with van der Waals surface area (Å²) in [5, 5.41) is 3.27. The van der Waals surface area contributed by atoms with Crippen molar-refractivity contribution >= 4 is 5.91 Å². The smallest absolute Gasteiger partial charge is 0.257 e. The Balaban J connectivity index is 1.83.